The van der Waals surface area contributed by atoms with Crippen LogP contribution in [0.5, 0.6) is 5.75 Å². The zero-order valence-corrected chi connectivity index (χ0v) is 21.8. The minimum atomic E-state index is -0.637. The van der Waals surface area contributed by atoms with Gasteiger partial charge >= 0.3 is 5.97 Å². The van der Waals surface area contributed by atoms with Gasteiger partial charge in [-0.25, -0.2) is 9.80 Å². The summed E-state index contributed by atoms with van der Waals surface area (Å²) >= 11 is 0. The van der Waals surface area contributed by atoms with Crippen LogP contribution in [0.3, 0.4) is 0 Å². The molecule has 0 radical (unpaired) electrons. The first-order valence-electron chi connectivity index (χ1n) is 12.4. The van der Waals surface area contributed by atoms with Gasteiger partial charge in [0.25, 0.3) is 0 Å². The van der Waals surface area contributed by atoms with Gasteiger partial charge in [0.2, 0.25) is 5.96 Å². The second-order valence-electron chi connectivity index (χ2n) is 9.07. The third-order valence-electron chi connectivity index (χ3n) is 6.80. The van der Waals surface area contributed by atoms with Gasteiger partial charge in [-0.05, 0) is 52.1 Å². The molecule has 0 aliphatic carbocycles. The fourth-order valence-corrected chi connectivity index (χ4v) is 4.83. The lowest BCUT2D eigenvalue weighted by molar-refractivity contribution is -0.141. The number of ether oxygens (including phenoxy) is 2. The van der Waals surface area contributed by atoms with Crippen LogP contribution < -0.4 is 15.9 Å². The third kappa shape index (κ3) is 5.04. The number of nitrogens with one attached hydrogen (secondary N) is 1. The Balaban J connectivity index is 1.42. The van der Waals surface area contributed by atoms with Crippen LogP contribution in [0.25, 0.3) is 21.9 Å². The highest BCUT2D eigenvalue weighted by Crippen LogP contribution is 2.38. The molecule has 0 saturated carbocycles. The molecule has 3 N–H and O–H groups in total. The van der Waals surface area contributed by atoms with E-state index in [4.69, 9.17) is 15.3 Å². The van der Waals surface area contributed by atoms with Crippen molar-refractivity contribution in [3.63, 3.8) is 0 Å². The molecule has 0 aromatic heterocycles. The van der Waals surface area contributed by atoms with Gasteiger partial charge in [-0.15, -0.1) is 5.10 Å². The van der Waals surface area contributed by atoms with Gasteiger partial charge in [0.15, 0.2) is 0 Å². The Morgan fingerprint density at radius 1 is 0.974 bits per heavy atom. The fourth-order valence-electron chi connectivity index (χ4n) is 4.83. The molecule has 4 aromatic carbocycles. The summed E-state index contributed by atoms with van der Waals surface area (Å²) in [5.74, 6) is 6.28. The lowest BCUT2D eigenvalue weighted by atomic mass is 9.91. The SMILES string of the molecule is C=NN1/C(=N\N)NC(C)=C(C(=O)OCc2ccc(-c3ccc(OC)cc3)cc2)C1c1cccc2ccccc12. The number of nitrogens with zero attached hydrogens (tertiary/aromatic N) is 3. The van der Waals surface area contributed by atoms with Crippen LogP contribution in [0.15, 0.2) is 112 Å². The minimum absolute atomic E-state index is 0.111. The molecule has 0 bridgehead atoms. The number of methoxy groups -OCH3 is 1. The van der Waals surface area contributed by atoms with E-state index in [1.165, 1.54) is 5.01 Å². The van der Waals surface area contributed by atoms with Crippen molar-refractivity contribution in [3.8, 4) is 16.9 Å². The number of hydrazone groups is 2. The fraction of sp³-hybridized carbons (Fsp3) is 0.129. The molecule has 1 unspecified atom stereocenters. The molecule has 8 heteroatoms. The molecule has 1 aliphatic rings. The Labute approximate surface area is 227 Å². The topological polar surface area (TPSA) is 102 Å². The number of nitrogens with two attached hydrogens (primary N) is 1. The van der Waals surface area contributed by atoms with Crippen molar-refractivity contribution in [2.24, 2.45) is 16.0 Å². The molecular weight excluding hydrogens is 490 g/mol. The lowest BCUT2D eigenvalue weighted by Gasteiger charge is -2.36. The zero-order valence-electron chi connectivity index (χ0n) is 21.8. The van der Waals surface area contributed by atoms with Crippen LogP contribution in [-0.4, -0.2) is 30.8 Å². The van der Waals surface area contributed by atoms with Crippen LogP contribution in [-0.2, 0) is 16.1 Å². The molecule has 1 aliphatic heterocycles. The highest BCUT2D eigenvalue weighted by molar-refractivity contribution is 5.98. The molecule has 1 heterocycles. The number of allylic oxidation sites excluding steroid dienone is 1. The van der Waals surface area contributed by atoms with Crippen LogP contribution in [0, 0.1) is 0 Å². The molecule has 8 nitrogen and oxygen atoms in total. The van der Waals surface area contributed by atoms with Crippen LogP contribution in [0.4, 0.5) is 0 Å². The summed E-state index contributed by atoms with van der Waals surface area (Å²) < 4.78 is 11.1. The van der Waals surface area contributed by atoms with Gasteiger partial charge in [-0.3, -0.25) is 0 Å². The zero-order chi connectivity index (χ0) is 27.4. The van der Waals surface area contributed by atoms with Gasteiger partial charge in [-0.1, -0.05) is 78.9 Å². The van der Waals surface area contributed by atoms with Crippen molar-refractivity contribution in [3.05, 3.63) is 113 Å². The summed E-state index contributed by atoms with van der Waals surface area (Å²) in [4.78, 5) is 13.6. The van der Waals surface area contributed by atoms with Crippen LogP contribution >= 0.6 is 0 Å². The maximum Gasteiger partial charge on any atom is 0.338 e. The predicted octanol–water partition coefficient (Wildman–Crippen LogP) is 5.32. The van der Waals surface area contributed by atoms with Crippen LogP contribution in [0.1, 0.15) is 24.1 Å². The van der Waals surface area contributed by atoms with E-state index >= 15 is 0 Å². The standard InChI is InChI=1S/C31H29N5O3/c1-20-28(30(37)39-19-21-11-13-22(14-12-21)23-15-17-25(38-3)18-16-23)29(36(33-2)31(34-20)35-32)27-10-6-8-24-7-4-5-9-26(24)27/h4-18,29H,2,19,32H2,1,3H3,(H,34,35). The molecular formula is C31H29N5O3. The average Bonchev–Trinajstić information content (AvgIpc) is 2.99. The summed E-state index contributed by atoms with van der Waals surface area (Å²) in [5.41, 5.74) is 4.84. The largest absolute Gasteiger partial charge is 0.497 e. The number of rotatable bonds is 7. The Morgan fingerprint density at radius 3 is 2.31 bits per heavy atom. The molecule has 0 fully saturated rings. The Morgan fingerprint density at radius 2 is 1.64 bits per heavy atom. The van der Waals surface area contributed by atoms with Gasteiger partial charge < -0.3 is 20.6 Å². The van der Waals surface area contributed by atoms with E-state index in [0.717, 1.165) is 38.8 Å². The maximum atomic E-state index is 13.6. The second-order valence-corrected chi connectivity index (χ2v) is 9.07. The van der Waals surface area contributed by atoms with Crippen molar-refractivity contribution >= 4 is 29.4 Å². The van der Waals surface area contributed by atoms with Crippen molar-refractivity contribution in [1.82, 2.24) is 10.3 Å². The highest BCUT2D eigenvalue weighted by atomic mass is 16.5. The molecule has 5 rings (SSSR count). The summed E-state index contributed by atoms with van der Waals surface area (Å²) in [5, 5.41) is 14.6. The van der Waals surface area contributed by atoms with Crippen molar-refractivity contribution in [2.75, 3.05) is 7.11 Å². The number of esters is 1. The smallest absolute Gasteiger partial charge is 0.338 e. The first-order valence-corrected chi connectivity index (χ1v) is 12.4. The number of carbonyl (C=O) groups is 1. The van der Waals surface area contributed by atoms with E-state index in [0.29, 0.717) is 11.3 Å². The minimum Gasteiger partial charge on any atom is -0.497 e. The molecule has 196 valence electrons. The second kappa shape index (κ2) is 11.1. The van der Waals surface area contributed by atoms with Gasteiger partial charge in [0.05, 0.1) is 12.7 Å². The van der Waals surface area contributed by atoms with Crippen molar-refractivity contribution in [1.29, 1.82) is 0 Å². The van der Waals surface area contributed by atoms with E-state index < -0.39 is 12.0 Å². The summed E-state index contributed by atoms with van der Waals surface area (Å²) in [6, 6.07) is 29.0. The maximum absolute atomic E-state index is 13.6. The Hall–Kier alpha value is -5.11. The molecule has 1 atom stereocenters. The van der Waals surface area contributed by atoms with Crippen LogP contribution in [0.2, 0.25) is 0 Å². The van der Waals surface area contributed by atoms with Crippen molar-refractivity contribution in [2.45, 2.75) is 19.6 Å². The Bertz CT molecular complexity index is 1570. The predicted molar refractivity (Wildman–Crippen MR) is 154 cm³/mol. The van der Waals surface area contributed by atoms with E-state index in [1.54, 1.807) is 14.0 Å². The molecule has 0 saturated heterocycles. The number of hydrogen-bond acceptors (Lipinski definition) is 6. The van der Waals surface area contributed by atoms with Gasteiger partial charge in [-0.2, -0.15) is 5.10 Å². The van der Waals surface area contributed by atoms with Crippen molar-refractivity contribution < 1.29 is 14.3 Å². The number of fused-ring (bicyclic) bond motifs is 1. The van der Waals surface area contributed by atoms with E-state index in [2.05, 4.69) is 22.2 Å². The molecule has 39 heavy (non-hydrogen) atoms. The lowest BCUT2D eigenvalue weighted by Crippen LogP contribution is -2.47. The number of guanidine groups is 1. The monoisotopic (exact) mass is 519 g/mol. The average molecular weight is 520 g/mol. The van der Waals surface area contributed by atoms with E-state index in [9.17, 15) is 4.79 Å². The first kappa shape index (κ1) is 25.5. The highest BCUT2D eigenvalue weighted by Gasteiger charge is 2.38. The summed E-state index contributed by atoms with van der Waals surface area (Å²) in [6.07, 6.45) is 0. The number of hydrogen-bond donors (Lipinski definition) is 2. The number of carbonyl (C=O) groups excluding carboxylic acids is 1. The van der Waals surface area contributed by atoms with E-state index in [-0.39, 0.29) is 12.6 Å². The summed E-state index contributed by atoms with van der Waals surface area (Å²) in [6.45, 7) is 5.62. The summed E-state index contributed by atoms with van der Waals surface area (Å²) in [7, 11) is 1.65. The Kier molecular flexibility index (Phi) is 7.27. The quantitative estimate of drug-likeness (QED) is 0.148. The molecule has 4 aromatic rings. The molecule has 0 spiro atoms. The number of benzene rings is 4. The third-order valence-corrected chi connectivity index (χ3v) is 6.80. The first-order chi connectivity index (χ1) is 19.0. The van der Waals surface area contributed by atoms with E-state index in [1.807, 2.05) is 91.0 Å². The normalized spacial score (nSPS) is 16.2. The van der Waals surface area contributed by atoms with Gasteiger partial charge in [0.1, 0.15) is 18.4 Å². The van der Waals surface area contributed by atoms with Gasteiger partial charge in [0, 0.05) is 12.4 Å². The molecule has 0 amide bonds.